The number of fused-ring (bicyclic) bond motifs is 1. The molecule has 1 aliphatic heterocycles. The monoisotopic (exact) mass is 550 g/mol. The minimum Gasteiger partial charge on any atom is -0.482 e. The normalized spacial score (nSPS) is 14.5. The van der Waals surface area contributed by atoms with E-state index in [1.54, 1.807) is 37.3 Å². The Hall–Kier alpha value is -3.24. The number of pyridine rings is 1. The van der Waals surface area contributed by atoms with Crippen molar-refractivity contribution < 1.29 is 27.4 Å². The van der Waals surface area contributed by atoms with Crippen LogP contribution in [0.3, 0.4) is 0 Å². The summed E-state index contributed by atoms with van der Waals surface area (Å²) in [5, 5.41) is 4.64. The number of carbonyl (C=O) groups excluding carboxylic acids is 1. The summed E-state index contributed by atoms with van der Waals surface area (Å²) in [5.74, 6) is -0.204. The summed E-state index contributed by atoms with van der Waals surface area (Å²) in [7, 11) is 0. The Kier molecular flexibility index (Phi) is 9.17. The zero-order chi connectivity index (χ0) is 27.1. The van der Waals surface area contributed by atoms with E-state index >= 15 is 0 Å². The van der Waals surface area contributed by atoms with Gasteiger partial charge < -0.3 is 19.7 Å². The number of nitrogens with zero attached hydrogens (tertiary/aromatic N) is 3. The lowest BCUT2D eigenvalue weighted by atomic mass is 10.1. The Morgan fingerprint density at radius 1 is 1.11 bits per heavy atom. The minimum absolute atomic E-state index is 0.240. The standard InChI is InChI=1S/C27H30ClF3N4O3/c1-2-37-26(36)20-17-33-25-19(7-5-8-21(25)28)24(20)32-11-6-12-34-13-15-35(16-14-34)22-9-3-4-10-23(22)38-18-27(29,30)31/h3-5,7-10,17H,2,6,11-16,18H2,1H3,(H,32,33). The van der Waals surface area contributed by atoms with Crippen LogP contribution < -0.4 is 15.0 Å². The number of ether oxygens (including phenoxy) is 2. The highest BCUT2D eigenvalue weighted by molar-refractivity contribution is 6.35. The average molecular weight is 551 g/mol. The summed E-state index contributed by atoms with van der Waals surface area (Å²) in [5.41, 5.74) is 2.30. The zero-order valence-corrected chi connectivity index (χ0v) is 21.8. The highest BCUT2D eigenvalue weighted by Gasteiger charge is 2.29. The number of piperazine rings is 1. The molecule has 0 amide bonds. The number of carbonyl (C=O) groups is 1. The van der Waals surface area contributed by atoms with Gasteiger partial charge in [0.15, 0.2) is 6.61 Å². The van der Waals surface area contributed by atoms with E-state index in [0.717, 1.165) is 31.4 Å². The number of para-hydroxylation sites is 3. The molecule has 0 radical (unpaired) electrons. The van der Waals surface area contributed by atoms with Crippen molar-refractivity contribution in [3.05, 3.63) is 59.2 Å². The maximum Gasteiger partial charge on any atom is 0.422 e. The molecule has 1 aromatic heterocycles. The van der Waals surface area contributed by atoms with E-state index in [0.29, 0.717) is 47.1 Å². The molecule has 4 rings (SSSR count). The highest BCUT2D eigenvalue weighted by atomic mass is 35.5. The van der Waals surface area contributed by atoms with Crippen LogP contribution in [0.15, 0.2) is 48.7 Å². The number of rotatable bonds is 10. The first-order chi connectivity index (χ1) is 18.3. The van der Waals surface area contributed by atoms with Crippen LogP contribution >= 0.6 is 11.6 Å². The SMILES string of the molecule is CCOC(=O)c1cnc2c(Cl)cccc2c1NCCCN1CCN(c2ccccc2OCC(F)(F)F)CC1. The van der Waals surface area contributed by atoms with Crippen molar-refractivity contribution in [2.45, 2.75) is 19.5 Å². The second-order valence-electron chi connectivity index (χ2n) is 8.88. The second-order valence-corrected chi connectivity index (χ2v) is 9.29. The summed E-state index contributed by atoms with van der Waals surface area (Å²) in [4.78, 5) is 21.2. The molecule has 204 valence electrons. The van der Waals surface area contributed by atoms with Gasteiger partial charge >= 0.3 is 12.1 Å². The van der Waals surface area contributed by atoms with E-state index in [-0.39, 0.29) is 12.4 Å². The number of halogens is 4. The van der Waals surface area contributed by atoms with Gasteiger partial charge in [0.1, 0.15) is 11.3 Å². The Labute approximate surface area is 224 Å². The fourth-order valence-corrected chi connectivity index (χ4v) is 4.69. The van der Waals surface area contributed by atoms with Crippen LogP contribution in [0.2, 0.25) is 5.02 Å². The van der Waals surface area contributed by atoms with Crippen LogP contribution in [0.4, 0.5) is 24.5 Å². The second kappa shape index (κ2) is 12.5. The largest absolute Gasteiger partial charge is 0.482 e. The molecular formula is C27H30ClF3N4O3. The van der Waals surface area contributed by atoms with E-state index in [4.69, 9.17) is 21.1 Å². The van der Waals surface area contributed by atoms with Gasteiger partial charge in [-0.3, -0.25) is 9.88 Å². The first kappa shape index (κ1) is 27.8. The van der Waals surface area contributed by atoms with Crippen LogP contribution in [-0.2, 0) is 4.74 Å². The number of alkyl halides is 3. The average Bonchev–Trinajstić information content (AvgIpc) is 2.90. The molecule has 3 aromatic rings. The number of hydrogen-bond donors (Lipinski definition) is 1. The summed E-state index contributed by atoms with van der Waals surface area (Å²) in [6, 6.07) is 12.3. The van der Waals surface area contributed by atoms with E-state index in [1.807, 2.05) is 12.1 Å². The summed E-state index contributed by atoms with van der Waals surface area (Å²) >= 11 is 6.31. The van der Waals surface area contributed by atoms with Gasteiger partial charge in [0.05, 0.1) is 28.5 Å². The van der Waals surface area contributed by atoms with Gasteiger partial charge in [0.2, 0.25) is 0 Å². The van der Waals surface area contributed by atoms with Gasteiger partial charge in [0, 0.05) is 44.3 Å². The lowest BCUT2D eigenvalue weighted by Crippen LogP contribution is -2.47. The quantitative estimate of drug-likeness (QED) is 0.259. The van der Waals surface area contributed by atoms with E-state index in [1.165, 1.54) is 6.20 Å². The Bertz CT molecular complexity index is 1250. The van der Waals surface area contributed by atoms with Crippen molar-refractivity contribution in [1.29, 1.82) is 0 Å². The van der Waals surface area contributed by atoms with Crippen LogP contribution in [0, 0.1) is 0 Å². The fourth-order valence-electron chi connectivity index (χ4n) is 4.47. The highest BCUT2D eigenvalue weighted by Crippen LogP contribution is 2.32. The first-order valence-corrected chi connectivity index (χ1v) is 12.9. The van der Waals surface area contributed by atoms with Crippen LogP contribution in [-0.4, -0.2) is 74.5 Å². The van der Waals surface area contributed by atoms with Crippen molar-refractivity contribution in [3.63, 3.8) is 0 Å². The number of benzene rings is 2. The van der Waals surface area contributed by atoms with Crippen LogP contribution in [0.1, 0.15) is 23.7 Å². The number of esters is 1. The maximum absolute atomic E-state index is 12.6. The molecule has 0 atom stereocenters. The van der Waals surface area contributed by atoms with Gasteiger partial charge in [-0.15, -0.1) is 0 Å². The molecule has 38 heavy (non-hydrogen) atoms. The lowest BCUT2D eigenvalue weighted by molar-refractivity contribution is -0.153. The number of nitrogens with one attached hydrogen (secondary N) is 1. The van der Waals surface area contributed by atoms with E-state index in [9.17, 15) is 18.0 Å². The third kappa shape index (κ3) is 6.99. The van der Waals surface area contributed by atoms with Crippen molar-refractivity contribution >= 4 is 39.8 Å². The van der Waals surface area contributed by atoms with Gasteiger partial charge in [-0.25, -0.2) is 4.79 Å². The molecule has 1 aliphatic rings. The summed E-state index contributed by atoms with van der Waals surface area (Å²) in [6.45, 7) is 5.05. The molecule has 1 fully saturated rings. The topological polar surface area (TPSA) is 66.9 Å². The third-order valence-electron chi connectivity index (χ3n) is 6.27. The molecule has 7 nitrogen and oxygen atoms in total. The number of aromatic nitrogens is 1. The molecule has 0 aliphatic carbocycles. The maximum atomic E-state index is 12.6. The predicted molar refractivity (Wildman–Crippen MR) is 142 cm³/mol. The van der Waals surface area contributed by atoms with Gasteiger partial charge in [-0.2, -0.15) is 13.2 Å². The Morgan fingerprint density at radius 3 is 2.61 bits per heavy atom. The van der Waals surface area contributed by atoms with Crippen molar-refractivity contribution in [1.82, 2.24) is 9.88 Å². The molecule has 0 saturated carbocycles. The lowest BCUT2D eigenvalue weighted by Gasteiger charge is -2.36. The van der Waals surface area contributed by atoms with Crippen LogP contribution in [0.5, 0.6) is 5.75 Å². The molecule has 0 bridgehead atoms. The molecule has 11 heteroatoms. The molecule has 2 aromatic carbocycles. The van der Waals surface area contributed by atoms with Crippen molar-refractivity contribution in [3.8, 4) is 5.75 Å². The predicted octanol–water partition coefficient (Wildman–Crippen LogP) is 5.63. The molecular weight excluding hydrogens is 521 g/mol. The van der Waals surface area contributed by atoms with Crippen molar-refractivity contribution in [2.24, 2.45) is 0 Å². The van der Waals surface area contributed by atoms with E-state index < -0.39 is 18.8 Å². The Morgan fingerprint density at radius 2 is 1.87 bits per heavy atom. The fraction of sp³-hybridized carbons (Fsp3) is 0.407. The summed E-state index contributed by atoms with van der Waals surface area (Å²) in [6.07, 6.45) is -2.08. The van der Waals surface area contributed by atoms with Crippen LogP contribution in [0.25, 0.3) is 10.9 Å². The number of hydrogen-bond acceptors (Lipinski definition) is 7. The van der Waals surface area contributed by atoms with E-state index in [2.05, 4.69) is 20.1 Å². The zero-order valence-electron chi connectivity index (χ0n) is 21.1. The minimum atomic E-state index is -4.38. The molecule has 0 spiro atoms. The molecule has 1 N–H and O–H groups in total. The van der Waals surface area contributed by atoms with Gasteiger partial charge in [0.25, 0.3) is 0 Å². The summed E-state index contributed by atoms with van der Waals surface area (Å²) < 4.78 is 48.1. The van der Waals surface area contributed by atoms with Gasteiger partial charge in [-0.1, -0.05) is 35.9 Å². The first-order valence-electron chi connectivity index (χ1n) is 12.5. The molecule has 2 heterocycles. The van der Waals surface area contributed by atoms with Crippen molar-refractivity contribution in [2.75, 3.05) is 62.7 Å². The molecule has 1 saturated heterocycles. The molecule has 0 unspecified atom stereocenters. The smallest absolute Gasteiger partial charge is 0.422 e. The van der Waals surface area contributed by atoms with Gasteiger partial charge in [-0.05, 0) is 38.1 Å². The third-order valence-corrected chi connectivity index (χ3v) is 6.57. The Balaban J connectivity index is 1.32. The number of anilines is 2.